The normalized spacial score (nSPS) is 10.6. The van der Waals surface area contributed by atoms with Crippen LogP contribution in [0.15, 0.2) is 47.8 Å². The molecule has 140 valence electrons. The first-order valence-electron chi connectivity index (χ1n) is 8.52. The first-order chi connectivity index (χ1) is 13.1. The van der Waals surface area contributed by atoms with Crippen LogP contribution < -0.4 is 10.1 Å². The summed E-state index contributed by atoms with van der Waals surface area (Å²) < 4.78 is 32.5. The maximum atomic E-state index is 13.9. The highest BCUT2D eigenvalue weighted by atomic mass is 32.1. The molecule has 0 saturated carbocycles. The van der Waals surface area contributed by atoms with E-state index in [-0.39, 0.29) is 11.5 Å². The Bertz CT molecular complexity index is 943. The lowest BCUT2D eigenvalue weighted by atomic mass is 10.1. The van der Waals surface area contributed by atoms with Crippen LogP contribution in [0.4, 0.5) is 13.9 Å². The number of rotatable bonds is 7. The number of aromatic nitrogens is 1. The number of unbranched alkanes of at least 4 members (excludes halogenated alkanes) is 1. The summed E-state index contributed by atoms with van der Waals surface area (Å²) in [5.74, 6) is -1.06. The van der Waals surface area contributed by atoms with E-state index in [4.69, 9.17) is 4.74 Å². The fraction of sp³-hybridized carbons (Fsp3) is 0.200. The third kappa shape index (κ3) is 4.89. The molecule has 0 aliphatic rings. The van der Waals surface area contributed by atoms with Gasteiger partial charge in [0.15, 0.2) is 5.13 Å². The van der Waals surface area contributed by atoms with Crippen LogP contribution >= 0.6 is 11.3 Å². The quantitative estimate of drug-likeness (QED) is 0.542. The molecule has 1 N–H and O–H groups in total. The Morgan fingerprint density at radius 1 is 1.22 bits per heavy atom. The van der Waals surface area contributed by atoms with Gasteiger partial charge >= 0.3 is 0 Å². The van der Waals surface area contributed by atoms with Crippen molar-refractivity contribution in [1.29, 1.82) is 0 Å². The van der Waals surface area contributed by atoms with Gasteiger partial charge in [-0.3, -0.25) is 10.1 Å². The number of halogens is 2. The minimum Gasteiger partial charge on any atom is -0.494 e. The molecule has 0 atom stereocenters. The number of nitrogens with zero attached hydrogens (tertiary/aromatic N) is 1. The van der Waals surface area contributed by atoms with Gasteiger partial charge in [-0.15, -0.1) is 11.3 Å². The average Bonchev–Trinajstić information content (AvgIpc) is 3.10. The molecule has 0 bridgehead atoms. The molecule has 3 rings (SSSR count). The van der Waals surface area contributed by atoms with Crippen LogP contribution in [0.2, 0.25) is 0 Å². The number of nitrogens with one attached hydrogen (secondary N) is 1. The number of carbonyl (C=O) groups is 1. The molecular weight excluding hydrogens is 370 g/mol. The predicted molar refractivity (Wildman–Crippen MR) is 102 cm³/mol. The minimum absolute atomic E-state index is 0.180. The topological polar surface area (TPSA) is 51.2 Å². The molecule has 27 heavy (non-hydrogen) atoms. The van der Waals surface area contributed by atoms with Crippen LogP contribution in [0.1, 0.15) is 30.1 Å². The predicted octanol–water partition coefficient (Wildman–Crippen LogP) is 5.52. The van der Waals surface area contributed by atoms with Crippen LogP contribution in [0.5, 0.6) is 5.75 Å². The van der Waals surface area contributed by atoms with Gasteiger partial charge in [-0.25, -0.2) is 13.8 Å². The third-order valence-electron chi connectivity index (χ3n) is 3.79. The van der Waals surface area contributed by atoms with Crippen molar-refractivity contribution >= 4 is 22.4 Å². The molecule has 0 unspecified atom stereocenters. The highest BCUT2D eigenvalue weighted by molar-refractivity contribution is 7.14. The van der Waals surface area contributed by atoms with Gasteiger partial charge in [0.1, 0.15) is 17.4 Å². The van der Waals surface area contributed by atoms with Crippen molar-refractivity contribution in [2.75, 3.05) is 11.9 Å². The molecule has 4 nitrogen and oxygen atoms in total. The molecule has 3 aromatic rings. The zero-order valence-corrected chi connectivity index (χ0v) is 15.5. The first-order valence-corrected chi connectivity index (χ1v) is 9.40. The number of anilines is 1. The summed E-state index contributed by atoms with van der Waals surface area (Å²) in [6, 6.07) is 10.2. The molecule has 0 saturated heterocycles. The van der Waals surface area contributed by atoms with E-state index in [0.717, 1.165) is 18.9 Å². The molecule has 0 aliphatic heterocycles. The molecule has 0 radical (unpaired) electrons. The summed E-state index contributed by atoms with van der Waals surface area (Å²) in [6.07, 6.45) is 1.97. The molecule has 2 aromatic carbocycles. The molecule has 1 amide bonds. The van der Waals surface area contributed by atoms with E-state index >= 15 is 0 Å². The summed E-state index contributed by atoms with van der Waals surface area (Å²) in [4.78, 5) is 16.6. The Labute approximate surface area is 159 Å². The summed E-state index contributed by atoms with van der Waals surface area (Å²) >= 11 is 1.17. The van der Waals surface area contributed by atoms with Crippen LogP contribution in [0.25, 0.3) is 11.3 Å². The van der Waals surface area contributed by atoms with E-state index in [9.17, 15) is 13.6 Å². The van der Waals surface area contributed by atoms with Gasteiger partial charge < -0.3 is 4.74 Å². The summed E-state index contributed by atoms with van der Waals surface area (Å²) in [6.45, 7) is 2.67. The minimum atomic E-state index is -0.699. The number of hydrogen-bond acceptors (Lipinski definition) is 4. The molecule has 0 spiro atoms. The van der Waals surface area contributed by atoms with Gasteiger partial charge in [-0.2, -0.15) is 0 Å². The third-order valence-corrected chi connectivity index (χ3v) is 4.55. The highest BCUT2D eigenvalue weighted by Gasteiger charge is 2.13. The Morgan fingerprint density at radius 2 is 2.07 bits per heavy atom. The van der Waals surface area contributed by atoms with Gasteiger partial charge in [-0.1, -0.05) is 19.4 Å². The second-order valence-electron chi connectivity index (χ2n) is 5.85. The first kappa shape index (κ1) is 19.0. The zero-order valence-electron chi connectivity index (χ0n) is 14.7. The maximum absolute atomic E-state index is 13.9. The van der Waals surface area contributed by atoms with E-state index in [1.807, 2.05) is 0 Å². The number of hydrogen-bond donors (Lipinski definition) is 1. The molecule has 0 aliphatic carbocycles. The number of amides is 1. The molecule has 7 heteroatoms. The van der Waals surface area contributed by atoms with E-state index in [0.29, 0.717) is 28.7 Å². The fourth-order valence-electron chi connectivity index (χ4n) is 2.38. The van der Waals surface area contributed by atoms with Crippen molar-refractivity contribution in [2.45, 2.75) is 19.8 Å². The Morgan fingerprint density at radius 3 is 2.85 bits per heavy atom. The second-order valence-corrected chi connectivity index (χ2v) is 6.70. The van der Waals surface area contributed by atoms with E-state index in [1.165, 1.54) is 23.5 Å². The van der Waals surface area contributed by atoms with Crippen molar-refractivity contribution in [2.24, 2.45) is 0 Å². The Balaban J connectivity index is 1.70. The van der Waals surface area contributed by atoms with Crippen molar-refractivity contribution in [1.82, 2.24) is 4.98 Å². The summed E-state index contributed by atoms with van der Waals surface area (Å²) in [5, 5.41) is 4.63. The van der Waals surface area contributed by atoms with Crippen LogP contribution in [0.3, 0.4) is 0 Å². The van der Waals surface area contributed by atoms with Crippen molar-refractivity contribution in [3.8, 4) is 17.0 Å². The standard InChI is InChI=1S/C20H18F2N2O2S/c1-2-3-9-26-15-6-4-5-13(10-15)19(25)24-20-23-18(12-27-20)16-8-7-14(21)11-17(16)22/h4-8,10-12H,2-3,9H2,1H3,(H,23,24,25). The van der Waals surface area contributed by atoms with Crippen molar-refractivity contribution < 1.29 is 18.3 Å². The monoisotopic (exact) mass is 388 g/mol. The van der Waals surface area contributed by atoms with Gasteiger partial charge in [0.2, 0.25) is 0 Å². The van der Waals surface area contributed by atoms with Crippen molar-refractivity contribution in [3.63, 3.8) is 0 Å². The summed E-state index contributed by atoms with van der Waals surface area (Å²) in [7, 11) is 0. The average molecular weight is 388 g/mol. The van der Waals surface area contributed by atoms with Crippen molar-refractivity contribution in [3.05, 3.63) is 65.0 Å². The number of carbonyl (C=O) groups excluding carboxylic acids is 1. The molecular formula is C20H18F2N2O2S. The highest BCUT2D eigenvalue weighted by Crippen LogP contribution is 2.28. The van der Waals surface area contributed by atoms with Gasteiger partial charge in [-0.05, 0) is 36.8 Å². The van der Waals surface area contributed by atoms with E-state index < -0.39 is 11.6 Å². The zero-order chi connectivity index (χ0) is 19.2. The van der Waals surface area contributed by atoms with E-state index in [1.54, 1.807) is 29.6 Å². The lowest BCUT2D eigenvalue weighted by Crippen LogP contribution is -2.12. The van der Waals surface area contributed by atoms with Gasteiger partial charge in [0.25, 0.3) is 5.91 Å². The number of thiazole rings is 1. The van der Waals surface area contributed by atoms with E-state index in [2.05, 4.69) is 17.2 Å². The van der Waals surface area contributed by atoms with Crippen LogP contribution in [-0.2, 0) is 0 Å². The fourth-order valence-corrected chi connectivity index (χ4v) is 3.09. The largest absolute Gasteiger partial charge is 0.494 e. The lowest BCUT2D eigenvalue weighted by molar-refractivity contribution is 0.102. The summed E-state index contributed by atoms with van der Waals surface area (Å²) in [5.41, 5.74) is 0.956. The van der Waals surface area contributed by atoms with Gasteiger partial charge in [0.05, 0.1) is 12.3 Å². The number of benzene rings is 2. The smallest absolute Gasteiger partial charge is 0.257 e. The Hall–Kier alpha value is -2.80. The SMILES string of the molecule is CCCCOc1cccc(C(=O)Nc2nc(-c3ccc(F)cc3F)cs2)c1. The molecule has 1 heterocycles. The van der Waals surface area contributed by atoms with Gasteiger partial charge in [0, 0.05) is 22.6 Å². The maximum Gasteiger partial charge on any atom is 0.257 e. The second kappa shape index (κ2) is 8.73. The number of ether oxygens (including phenoxy) is 1. The van der Waals surface area contributed by atoms with Crippen LogP contribution in [-0.4, -0.2) is 17.5 Å². The molecule has 1 aromatic heterocycles. The lowest BCUT2D eigenvalue weighted by Gasteiger charge is -2.07. The Kier molecular flexibility index (Phi) is 6.13. The van der Waals surface area contributed by atoms with Crippen LogP contribution in [0, 0.1) is 11.6 Å². The molecule has 0 fully saturated rings.